The van der Waals surface area contributed by atoms with E-state index in [1.54, 1.807) is 0 Å². The van der Waals surface area contributed by atoms with Gasteiger partial charge in [0.15, 0.2) is 0 Å². The molecule has 0 atom stereocenters. The van der Waals surface area contributed by atoms with Crippen LogP contribution < -0.4 is 4.90 Å². The minimum atomic E-state index is -0.0611. The average molecular weight is 957 g/mol. The minimum absolute atomic E-state index is 0.0611. The summed E-state index contributed by atoms with van der Waals surface area (Å²) in [7, 11) is 0. The van der Waals surface area contributed by atoms with Gasteiger partial charge in [0.2, 0.25) is 17.8 Å². The third kappa shape index (κ3) is 8.73. The molecule has 8 nitrogen and oxygen atoms in total. The monoisotopic (exact) mass is 957 g/mol. The predicted octanol–water partition coefficient (Wildman–Crippen LogP) is 16.8. The van der Waals surface area contributed by atoms with Crippen LogP contribution >= 0.6 is 0 Å². The number of benzene rings is 6. The van der Waals surface area contributed by atoms with E-state index in [2.05, 4.69) is 228 Å². The largest absolute Gasteiger partial charge is 0.279 e. The normalized spacial score (nSPS) is 12.7. The molecule has 0 radical (unpaired) electrons. The van der Waals surface area contributed by atoms with Gasteiger partial charge >= 0.3 is 0 Å². The summed E-state index contributed by atoms with van der Waals surface area (Å²) in [5, 5.41) is 4.64. The Morgan fingerprint density at radius 2 is 0.589 bits per heavy atom. The van der Waals surface area contributed by atoms with E-state index >= 15 is 0 Å². The quantitative estimate of drug-likeness (QED) is 0.158. The summed E-state index contributed by atoms with van der Waals surface area (Å²) in [5.74, 6) is 1.52. The molecule has 0 bridgehead atoms. The van der Waals surface area contributed by atoms with Crippen molar-refractivity contribution < 1.29 is 0 Å². The summed E-state index contributed by atoms with van der Waals surface area (Å²) in [5.41, 5.74) is 15.1. The zero-order valence-electron chi connectivity index (χ0n) is 44.2. The molecule has 0 amide bonds. The van der Waals surface area contributed by atoms with Crippen LogP contribution in [0.5, 0.6) is 0 Å². The first kappa shape index (κ1) is 47.4. The lowest BCUT2D eigenvalue weighted by atomic mass is 9.85. The van der Waals surface area contributed by atoms with Crippen molar-refractivity contribution in [1.29, 1.82) is 0 Å². The Hall–Kier alpha value is -7.97. The molecule has 0 aliphatic heterocycles. The molecule has 0 aliphatic carbocycles. The second-order valence-corrected chi connectivity index (χ2v) is 23.7. The van der Waals surface area contributed by atoms with Crippen LogP contribution in [0.25, 0.3) is 77.8 Å². The summed E-state index contributed by atoms with van der Waals surface area (Å²) in [6.45, 7) is 27.3. The van der Waals surface area contributed by atoms with Gasteiger partial charge in [0.25, 0.3) is 0 Å². The van der Waals surface area contributed by atoms with Crippen molar-refractivity contribution in [3.05, 3.63) is 193 Å². The summed E-state index contributed by atoms with van der Waals surface area (Å²) in [4.78, 5) is 27.6. The van der Waals surface area contributed by atoms with Crippen molar-refractivity contribution in [3.8, 4) is 34.2 Å². The molecule has 5 heterocycles. The van der Waals surface area contributed by atoms with Crippen molar-refractivity contribution in [2.45, 2.75) is 105 Å². The van der Waals surface area contributed by atoms with Crippen LogP contribution in [0, 0.1) is 0 Å². The number of hydrogen-bond donors (Lipinski definition) is 0. The van der Waals surface area contributed by atoms with E-state index in [1.165, 1.54) is 22.3 Å². The van der Waals surface area contributed by atoms with E-state index in [-0.39, 0.29) is 21.7 Å². The first-order valence-electron chi connectivity index (χ1n) is 25.5. The zero-order valence-corrected chi connectivity index (χ0v) is 44.2. The van der Waals surface area contributed by atoms with Crippen LogP contribution in [0.3, 0.4) is 0 Å². The van der Waals surface area contributed by atoms with Crippen molar-refractivity contribution >= 4 is 60.9 Å². The average Bonchev–Trinajstić information content (AvgIpc) is 3.88. The molecular weight excluding hydrogens is 893 g/mol. The molecule has 11 rings (SSSR count). The molecule has 0 unspecified atom stereocenters. The molecular formula is C65H64N8. The topological polar surface area (TPSA) is 77.5 Å². The summed E-state index contributed by atoms with van der Waals surface area (Å²) < 4.78 is 4.50. The molecule has 11 aromatic rings. The Balaban J connectivity index is 1.24. The Bertz CT molecular complexity index is 3460. The fourth-order valence-electron chi connectivity index (χ4n) is 10.1. The van der Waals surface area contributed by atoms with E-state index in [9.17, 15) is 0 Å². The van der Waals surface area contributed by atoms with Gasteiger partial charge in [-0.25, -0.2) is 0 Å². The van der Waals surface area contributed by atoms with Gasteiger partial charge in [-0.1, -0.05) is 132 Å². The highest BCUT2D eigenvalue weighted by molar-refractivity contribution is 6.11. The number of fused-ring (bicyclic) bond motifs is 6. The van der Waals surface area contributed by atoms with E-state index in [1.807, 2.05) is 49.1 Å². The van der Waals surface area contributed by atoms with Crippen LogP contribution in [0.15, 0.2) is 170 Å². The Morgan fingerprint density at radius 1 is 0.315 bits per heavy atom. The lowest BCUT2D eigenvalue weighted by Gasteiger charge is -2.25. The fourth-order valence-corrected chi connectivity index (χ4v) is 10.1. The van der Waals surface area contributed by atoms with E-state index < -0.39 is 0 Å². The molecule has 6 aromatic carbocycles. The standard InChI is InChI=1S/C65H64N8/c1-62(2,3)45-17-25-55-51(37-45)52-38-46(63(4,5)6)18-26-56(52)72(55)60-68-59(69-61(70-60)73-57-27-19-47(64(7,8)9)39-53(57)54-40-48(65(10,11)12)20-28-58(54)73)71(49-21-13-41(14-22-49)43-29-33-66-34-30-43)50-23-15-42(16-24-50)44-31-35-67-36-32-44/h13-40H,1-12H3. The molecule has 0 fully saturated rings. The molecule has 0 N–H and O–H groups in total. The number of anilines is 3. The number of pyridine rings is 2. The van der Waals surface area contributed by atoms with Crippen molar-refractivity contribution in [2.75, 3.05) is 4.90 Å². The van der Waals surface area contributed by atoms with E-state index in [0.29, 0.717) is 17.8 Å². The zero-order chi connectivity index (χ0) is 51.2. The van der Waals surface area contributed by atoms with Crippen molar-refractivity contribution in [1.82, 2.24) is 34.1 Å². The Morgan fingerprint density at radius 3 is 0.863 bits per heavy atom. The minimum Gasteiger partial charge on any atom is -0.279 e. The number of nitrogens with zero attached hydrogens (tertiary/aromatic N) is 8. The van der Waals surface area contributed by atoms with Crippen LogP contribution in [0.1, 0.15) is 105 Å². The number of hydrogen-bond acceptors (Lipinski definition) is 6. The Kier molecular flexibility index (Phi) is 11.3. The molecule has 364 valence electrons. The highest BCUT2D eigenvalue weighted by atomic mass is 15.4. The molecule has 73 heavy (non-hydrogen) atoms. The predicted molar refractivity (Wildman–Crippen MR) is 304 cm³/mol. The first-order chi connectivity index (χ1) is 34.7. The van der Waals surface area contributed by atoms with E-state index in [0.717, 1.165) is 77.2 Å². The maximum Gasteiger partial charge on any atom is 0.241 e. The van der Waals surface area contributed by atoms with Crippen LogP contribution in [0.4, 0.5) is 17.3 Å². The third-order valence-corrected chi connectivity index (χ3v) is 14.5. The van der Waals surface area contributed by atoms with Gasteiger partial charge in [0.1, 0.15) is 0 Å². The molecule has 0 aliphatic rings. The van der Waals surface area contributed by atoms with Gasteiger partial charge in [0, 0.05) is 57.7 Å². The van der Waals surface area contributed by atoms with Gasteiger partial charge in [-0.15, -0.1) is 0 Å². The maximum absolute atomic E-state index is 5.65. The van der Waals surface area contributed by atoms with Gasteiger partial charge in [-0.05, 0) is 163 Å². The maximum atomic E-state index is 5.65. The Labute approximate surface area is 429 Å². The molecule has 0 saturated heterocycles. The summed E-state index contributed by atoms with van der Waals surface area (Å²) in [6, 6.07) is 53.0. The molecule has 5 aromatic heterocycles. The summed E-state index contributed by atoms with van der Waals surface area (Å²) in [6.07, 6.45) is 7.33. The highest BCUT2D eigenvalue weighted by Crippen LogP contribution is 2.42. The number of aromatic nitrogens is 7. The van der Waals surface area contributed by atoms with Crippen LogP contribution in [-0.2, 0) is 21.7 Å². The lowest BCUT2D eigenvalue weighted by Crippen LogP contribution is -2.18. The third-order valence-electron chi connectivity index (χ3n) is 14.5. The van der Waals surface area contributed by atoms with Crippen LogP contribution in [-0.4, -0.2) is 34.1 Å². The van der Waals surface area contributed by atoms with Crippen molar-refractivity contribution in [3.63, 3.8) is 0 Å². The molecule has 0 saturated carbocycles. The van der Waals surface area contributed by atoms with Gasteiger partial charge in [0.05, 0.1) is 22.1 Å². The van der Waals surface area contributed by atoms with Gasteiger partial charge in [-0.2, -0.15) is 15.0 Å². The second-order valence-electron chi connectivity index (χ2n) is 23.7. The highest BCUT2D eigenvalue weighted by Gasteiger charge is 2.28. The lowest BCUT2D eigenvalue weighted by molar-refractivity contribution is 0.590. The van der Waals surface area contributed by atoms with Crippen LogP contribution in [0.2, 0.25) is 0 Å². The van der Waals surface area contributed by atoms with Gasteiger partial charge < -0.3 is 0 Å². The SMILES string of the molecule is CC(C)(C)c1ccc2c(c1)c1cc(C(C)(C)C)ccc1n2-c1nc(N(c2ccc(-c3ccncc3)cc2)c2ccc(-c3ccncc3)cc2)nc(-n2c3ccc(C(C)(C)C)cc3c3cc(C(C)(C)C)ccc32)n1. The summed E-state index contributed by atoms with van der Waals surface area (Å²) >= 11 is 0. The second kappa shape index (κ2) is 17.4. The van der Waals surface area contributed by atoms with E-state index in [4.69, 9.17) is 15.0 Å². The van der Waals surface area contributed by atoms with Gasteiger partial charge in [-0.3, -0.25) is 24.0 Å². The fraction of sp³-hybridized carbons (Fsp3) is 0.246. The smallest absolute Gasteiger partial charge is 0.241 e. The first-order valence-corrected chi connectivity index (χ1v) is 25.5. The molecule has 0 spiro atoms. The van der Waals surface area contributed by atoms with Crippen molar-refractivity contribution in [2.24, 2.45) is 0 Å². The number of rotatable bonds is 7. The molecule has 8 heteroatoms.